The first kappa shape index (κ1) is 15.6. The van der Waals surface area contributed by atoms with Crippen molar-refractivity contribution >= 4 is 0 Å². The third kappa shape index (κ3) is 8.57. The van der Waals surface area contributed by atoms with Gasteiger partial charge in [-0.3, -0.25) is 0 Å². The van der Waals surface area contributed by atoms with Gasteiger partial charge in [0, 0.05) is 13.1 Å². The maximum Gasteiger partial charge on any atom is 0.0642 e. The van der Waals surface area contributed by atoms with Crippen LogP contribution < -0.4 is 0 Å². The van der Waals surface area contributed by atoms with Crippen LogP contribution in [0.4, 0.5) is 0 Å². The molecule has 0 N–H and O–H groups in total. The molecule has 0 saturated carbocycles. The Morgan fingerprint density at radius 3 is 2.17 bits per heavy atom. The first-order chi connectivity index (χ1) is 8.93. The highest BCUT2D eigenvalue weighted by atomic mass is 16.5. The molecule has 0 atom stereocenters. The van der Waals surface area contributed by atoms with Crippen LogP contribution >= 0.6 is 0 Å². The summed E-state index contributed by atoms with van der Waals surface area (Å²) in [5.41, 5.74) is 0. The molecule has 1 aliphatic heterocycles. The van der Waals surface area contributed by atoms with Gasteiger partial charge in [0.1, 0.15) is 0 Å². The topological polar surface area (TPSA) is 12.5 Å². The molecule has 0 aromatic carbocycles. The predicted octanol–water partition coefficient (Wildman–Crippen LogP) is 4.36. The first-order valence-electron chi connectivity index (χ1n) is 7.92. The molecule has 0 radical (unpaired) electrons. The van der Waals surface area contributed by atoms with Gasteiger partial charge in [0.2, 0.25) is 0 Å². The Kier molecular flexibility index (Phi) is 10.0. The molecule has 0 spiro atoms. The van der Waals surface area contributed by atoms with Gasteiger partial charge in [0.25, 0.3) is 0 Å². The number of allylic oxidation sites excluding steroid dienone is 1. The van der Waals surface area contributed by atoms with Gasteiger partial charge in [-0.1, -0.05) is 57.9 Å². The van der Waals surface area contributed by atoms with Crippen LogP contribution in [-0.4, -0.2) is 31.2 Å². The minimum atomic E-state index is 0.891. The lowest BCUT2D eigenvalue weighted by molar-refractivity contribution is 0.0593. The highest BCUT2D eigenvalue weighted by molar-refractivity contribution is 4.83. The summed E-state index contributed by atoms with van der Waals surface area (Å²) in [7, 11) is 0. The summed E-state index contributed by atoms with van der Waals surface area (Å²) >= 11 is 0. The number of rotatable bonds is 10. The van der Waals surface area contributed by atoms with E-state index in [2.05, 4.69) is 24.1 Å². The second-order valence-electron chi connectivity index (χ2n) is 5.30. The van der Waals surface area contributed by atoms with Gasteiger partial charge in [-0.05, 0) is 19.0 Å². The van der Waals surface area contributed by atoms with Crippen molar-refractivity contribution in [1.82, 2.24) is 4.90 Å². The number of morpholine rings is 1. The molecular weight excluding hydrogens is 222 g/mol. The van der Waals surface area contributed by atoms with Crippen LogP contribution in [0.5, 0.6) is 0 Å². The molecule has 1 heterocycles. The molecule has 0 amide bonds. The Bertz CT molecular complexity index is 197. The fraction of sp³-hybridized carbons (Fsp3) is 0.875. The number of ether oxygens (including phenoxy) is 1. The normalized spacial score (nSPS) is 16.6. The molecule has 106 valence electrons. The summed E-state index contributed by atoms with van der Waals surface area (Å²) in [6.07, 6.45) is 17.1. The second-order valence-corrected chi connectivity index (χ2v) is 5.30. The molecule has 1 fully saturated rings. The van der Waals surface area contributed by atoms with Crippen LogP contribution in [0.3, 0.4) is 0 Å². The van der Waals surface area contributed by atoms with E-state index >= 15 is 0 Å². The van der Waals surface area contributed by atoms with Crippen LogP contribution in [0.25, 0.3) is 0 Å². The fourth-order valence-corrected chi connectivity index (χ4v) is 2.35. The van der Waals surface area contributed by atoms with Crippen LogP contribution in [-0.2, 0) is 4.74 Å². The van der Waals surface area contributed by atoms with Crippen molar-refractivity contribution in [3.63, 3.8) is 0 Å². The Balaban J connectivity index is 1.81. The van der Waals surface area contributed by atoms with E-state index in [0.29, 0.717) is 0 Å². The molecule has 1 rings (SSSR count). The van der Waals surface area contributed by atoms with Crippen molar-refractivity contribution in [2.24, 2.45) is 0 Å². The van der Waals surface area contributed by atoms with Gasteiger partial charge in [-0.15, -0.1) is 0 Å². The Morgan fingerprint density at radius 2 is 1.50 bits per heavy atom. The van der Waals surface area contributed by atoms with Crippen molar-refractivity contribution in [2.75, 3.05) is 26.3 Å². The van der Waals surface area contributed by atoms with Crippen LogP contribution in [0.2, 0.25) is 0 Å². The number of nitrogens with zero attached hydrogens (tertiary/aromatic N) is 1. The number of unbranched alkanes of at least 4 members (excludes halogenated alkanes) is 8. The van der Waals surface area contributed by atoms with Gasteiger partial charge in [-0.2, -0.15) is 0 Å². The van der Waals surface area contributed by atoms with E-state index in [9.17, 15) is 0 Å². The second kappa shape index (κ2) is 11.6. The summed E-state index contributed by atoms with van der Waals surface area (Å²) in [6.45, 7) is 6.19. The SMILES string of the molecule is CCCCCCCCCC/C=C/N1CCOCC1. The zero-order chi connectivity index (χ0) is 12.9. The minimum absolute atomic E-state index is 0.891. The van der Waals surface area contributed by atoms with Gasteiger partial charge < -0.3 is 9.64 Å². The average molecular weight is 253 g/mol. The molecule has 1 saturated heterocycles. The molecule has 1 aliphatic rings. The zero-order valence-corrected chi connectivity index (χ0v) is 12.2. The molecule has 0 bridgehead atoms. The van der Waals surface area contributed by atoms with E-state index in [-0.39, 0.29) is 0 Å². The van der Waals surface area contributed by atoms with E-state index in [1.54, 1.807) is 0 Å². The lowest BCUT2D eigenvalue weighted by atomic mass is 10.1. The van der Waals surface area contributed by atoms with E-state index in [1.165, 1.54) is 57.8 Å². The van der Waals surface area contributed by atoms with Crippen LogP contribution in [0.15, 0.2) is 12.3 Å². The largest absolute Gasteiger partial charge is 0.378 e. The van der Waals surface area contributed by atoms with Crippen molar-refractivity contribution in [2.45, 2.75) is 64.7 Å². The highest BCUT2D eigenvalue weighted by Crippen LogP contribution is 2.10. The average Bonchev–Trinajstić information content (AvgIpc) is 2.42. The van der Waals surface area contributed by atoms with Gasteiger partial charge in [0.15, 0.2) is 0 Å². The summed E-state index contributed by atoms with van der Waals surface area (Å²) in [5, 5.41) is 0. The van der Waals surface area contributed by atoms with E-state index in [4.69, 9.17) is 4.74 Å². The van der Waals surface area contributed by atoms with Crippen molar-refractivity contribution in [3.05, 3.63) is 12.3 Å². The van der Waals surface area contributed by atoms with Crippen molar-refractivity contribution in [3.8, 4) is 0 Å². The summed E-state index contributed by atoms with van der Waals surface area (Å²) in [4.78, 5) is 2.37. The lowest BCUT2D eigenvalue weighted by Crippen LogP contribution is -2.31. The standard InChI is InChI=1S/C16H31NO/c1-2-3-4-5-6-7-8-9-10-11-12-17-13-15-18-16-14-17/h11-12H,2-10,13-16H2,1H3/b12-11+. The van der Waals surface area contributed by atoms with Crippen molar-refractivity contribution < 1.29 is 4.74 Å². The smallest absolute Gasteiger partial charge is 0.0642 e. The van der Waals surface area contributed by atoms with Crippen LogP contribution in [0, 0.1) is 0 Å². The fourth-order valence-electron chi connectivity index (χ4n) is 2.35. The highest BCUT2D eigenvalue weighted by Gasteiger charge is 2.04. The third-order valence-electron chi connectivity index (χ3n) is 3.59. The molecule has 18 heavy (non-hydrogen) atoms. The molecule has 0 unspecified atom stereocenters. The van der Waals surface area contributed by atoms with Crippen LogP contribution in [0.1, 0.15) is 64.7 Å². The predicted molar refractivity (Wildman–Crippen MR) is 78.8 cm³/mol. The van der Waals surface area contributed by atoms with E-state index < -0.39 is 0 Å². The maximum absolute atomic E-state index is 5.32. The zero-order valence-electron chi connectivity index (χ0n) is 12.2. The van der Waals surface area contributed by atoms with E-state index in [1.807, 2.05) is 0 Å². The summed E-state index contributed by atoms with van der Waals surface area (Å²) in [5.74, 6) is 0. The Morgan fingerprint density at radius 1 is 0.889 bits per heavy atom. The van der Waals surface area contributed by atoms with Gasteiger partial charge in [-0.25, -0.2) is 0 Å². The molecule has 0 aliphatic carbocycles. The molecule has 2 nitrogen and oxygen atoms in total. The van der Waals surface area contributed by atoms with Gasteiger partial charge in [0.05, 0.1) is 13.2 Å². The van der Waals surface area contributed by atoms with Crippen molar-refractivity contribution in [1.29, 1.82) is 0 Å². The molecule has 2 heteroatoms. The molecule has 0 aromatic heterocycles. The van der Waals surface area contributed by atoms with Gasteiger partial charge >= 0.3 is 0 Å². The quantitative estimate of drug-likeness (QED) is 0.536. The summed E-state index contributed by atoms with van der Waals surface area (Å²) < 4.78 is 5.32. The Labute approximate surface area is 113 Å². The summed E-state index contributed by atoms with van der Waals surface area (Å²) in [6, 6.07) is 0. The van der Waals surface area contributed by atoms with E-state index in [0.717, 1.165) is 26.3 Å². The number of hydrogen-bond donors (Lipinski definition) is 0. The minimum Gasteiger partial charge on any atom is -0.378 e. The number of hydrogen-bond acceptors (Lipinski definition) is 2. The Hall–Kier alpha value is -0.500. The monoisotopic (exact) mass is 253 g/mol. The maximum atomic E-state index is 5.32. The lowest BCUT2D eigenvalue weighted by Gasteiger charge is -2.24. The first-order valence-corrected chi connectivity index (χ1v) is 7.92. The molecular formula is C16H31NO. The third-order valence-corrected chi connectivity index (χ3v) is 3.59. The molecule has 0 aromatic rings.